The SMILES string of the molecule is CC(C)NC(=O)Nc1cccc(C(=O)OC[C@@H]2CCCOC2)c1. The highest BCUT2D eigenvalue weighted by molar-refractivity contribution is 5.94. The molecule has 1 aliphatic rings. The van der Waals surface area contributed by atoms with Gasteiger partial charge in [0.1, 0.15) is 0 Å². The molecule has 0 aliphatic carbocycles. The zero-order valence-corrected chi connectivity index (χ0v) is 13.6. The van der Waals surface area contributed by atoms with Gasteiger partial charge >= 0.3 is 12.0 Å². The molecule has 6 heteroatoms. The van der Waals surface area contributed by atoms with Crippen molar-refractivity contribution < 1.29 is 19.1 Å². The molecule has 1 saturated heterocycles. The van der Waals surface area contributed by atoms with E-state index >= 15 is 0 Å². The van der Waals surface area contributed by atoms with Crippen LogP contribution in [0, 0.1) is 5.92 Å². The predicted molar refractivity (Wildman–Crippen MR) is 87.6 cm³/mol. The van der Waals surface area contributed by atoms with Gasteiger partial charge in [-0.15, -0.1) is 0 Å². The first-order chi connectivity index (χ1) is 11.0. The molecule has 1 aliphatic heterocycles. The Bertz CT molecular complexity index is 539. The number of amides is 2. The molecule has 2 N–H and O–H groups in total. The molecule has 23 heavy (non-hydrogen) atoms. The Morgan fingerprint density at radius 1 is 1.39 bits per heavy atom. The molecule has 0 unspecified atom stereocenters. The van der Waals surface area contributed by atoms with Gasteiger partial charge in [0.25, 0.3) is 0 Å². The van der Waals surface area contributed by atoms with E-state index in [-0.39, 0.29) is 24.0 Å². The van der Waals surface area contributed by atoms with Crippen molar-refractivity contribution in [3.63, 3.8) is 0 Å². The van der Waals surface area contributed by atoms with Crippen molar-refractivity contribution in [2.24, 2.45) is 5.92 Å². The van der Waals surface area contributed by atoms with Gasteiger partial charge in [-0.05, 0) is 44.9 Å². The zero-order valence-electron chi connectivity index (χ0n) is 13.6. The summed E-state index contributed by atoms with van der Waals surface area (Å²) in [6.07, 6.45) is 2.02. The standard InChI is InChI=1S/C17H24N2O4/c1-12(2)18-17(21)19-15-7-3-6-14(9-15)16(20)23-11-13-5-4-8-22-10-13/h3,6-7,9,12-13H,4-5,8,10-11H2,1-2H3,(H2,18,19,21)/t13-/m1/s1. The molecule has 0 bridgehead atoms. The van der Waals surface area contributed by atoms with Crippen molar-refractivity contribution >= 4 is 17.7 Å². The average Bonchev–Trinajstić information content (AvgIpc) is 2.53. The lowest BCUT2D eigenvalue weighted by atomic mass is 10.0. The molecular formula is C17H24N2O4. The van der Waals surface area contributed by atoms with Crippen LogP contribution in [0.1, 0.15) is 37.0 Å². The number of carbonyl (C=O) groups is 2. The topological polar surface area (TPSA) is 76.7 Å². The minimum atomic E-state index is -0.386. The van der Waals surface area contributed by atoms with Crippen LogP contribution in [0.3, 0.4) is 0 Å². The van der Waals surface area contributed by atoms with Gasteiger partial charge in [-0.25, -0.2) is 9.59 Å². The summed E-state index contributed by atoms with van der Waals surface area (Å²) in [5.41, 5.74) is 0.975. The predicted octanol–water partition coefficient (Wildman–Crippen LogP) is 2.80. The van der Waals surface area contributed by atoms with E-state index in [1.165, 1.54) is 0 Å². The number of hydrogen-bond donors (Lipinski definition) is 2. The number of urea groups is 1. The maximum Gasteiger partial charge on any atom is 0.338 e. The molecule has 1 fully saturated rings. The average molecular weight is 320 g/mol. The Hall–Kier alpha value is -2.08. The minimum Gasteiger partial charge on any atom is -0.462 e. The highest BCUT2D eigenvalue weighted by Gasteiger charge is 2.17. The van der Waals surface area contributed by atoms with Crippen molar-refractivity contribution in [2.75, 3.05) is 25.1 Å². The third-order valence-electron chi connectivity index (χ3n) is 3.48. The molecule has 1 aromatic carbocycles. The number of hydrogen-bond acceptors (Lipinski definition) is 4. The van der Waals surface area contributed by atoms with E-state index in [0.717, 1.165) is 19.4 Å². The van der Waals surface area contributed by atoms with Crippen molar-refractivity contribution in [3.8, 4) is 0 Å². The molecule has 0 aromatic heterocycles. The summed E-state index contributed by atoms with van der Waals surface area (Å²) in [5.74, 6) is -0.116. The summed E-state index contributed by atoms with van der Waals surface area (Å²) >= 11 is 0. The van der Waals surface area contributed by atoms with Gasteiger partial charge in [0.2, 0.25) is 0 Å². The summed E-state index contributed by atoms with van der Waals surface area (Å²) < 4.78 is 10.7. The quantitative estimate of drug-likeness (QED) is 0.818. The number of benzene rings is 1. The third-order valence-corrected chi connectivity index (χ3v) is 3.48. The van der Waals surface area contributed by atoms with E-state index in [4.69, 9.17) is 9.47 Å². The summed E-state index contributed by atoms with van der Waals surface area (Å²) in [7, 11) is 0. The second kappa shape index (κ2) is 8.53. The Morgan fingerprint density at radius 3 is 2.91 bits per heavy atom. The van der Waals surface area contributed by atoms with Gasteiger partial charge in [-0.1, -0.05) is 6.07 Å². The minimum absolute atomic E-state index is 0.0425. The highest BCUT2D eigenvalue weighted by Crippen LogP contribution is 2.16. The van der Waals surface area contributed by atoms with Crippen LogP contribution in [0.2, 0.25) is 0 Å². The fourth-order valence-electron chi connectivity index (χ4n) is 2.37. The lowest BCUT2D eigenvalue weighted by molar-refractivity contribution is 0.00860. The van der Waals surface area contributed by atoms with E-state index in [1.807, 2.05) is 13.8 Å². The molecule has 0 spiro atoms. The van der Waals surface area contributed by atoms with Gasteiger partial charge < -0.3 is 20.1 Å². The van der Waals surface area contributed by atoms with Crippen LogP contribution in [0.25, 0.3) is 0 Å². The molecule has 6 nitrogen and oxygen atoms in total. The maximum atomic E-state index is 12.1. The van der Waals surface area contributed by atoms with Crippen LogP contribution in [0.15, 0.2) is 24.3 Å². The first-order valence-corrected chi connectivity index (χ1v) is 7.97. The van der Waals surface area contributed by atoms with E-state index in [1.54, 1.807) is 24.3 Å². The van der Waals surface area contributed by atoms with E-state index < -0.39 is 0 Å². The molecule has 2 rings (SSSR count). The van der Waals surface area contributed by atoms with Gasteiger partial charge in [-0.3, -0.25) is 0 Å². The fraction of sp³-hybridized carbons (Fsp3) is 0.529. The molecule has 1 aromatic rings. The first kappa shape index (κ1) is 17.3. The van der Waals surface area contributed by atoms with Crippen LogP contribution < -0.4 is 10.6 Å². The molecular weight excluding hydrogens is 296 g/mol. The van der Waals surface area contributed by atoms with Crippen LogP contribution in [-0.2, 0) is 9.47 Å². The normalized spacial score (nSPS) is 17.6. The molecule has 1 atom stereocenters. The number of ether oxygens (including phenoxy) is 2. The van der Waals surface area contributed by atoms with Gasteiger partial charge in [0, 0.05) is 24.3 Å². The van der Waals surface area contributed by atoms with Gasteiger partial charge in [0.05, 0.1) is 18.8 Å². The summed E-state index contributed by atoms with van der Waals surface area (Å²) in [5, 5.41) is 5.42. The van der Waals surface area contributed by atoms with Crippen molar-refractivity contribution in [3.05, 3.63) is 29.8 Å². The molecule has 1 heterocycles. The molecule has 0 saturated carbocycles. The number of anilines is 1. The van der Waals surface area contributed by atoms with E-state index in [2.05, 4.69) is 10.6 Å². The van der Waals surface area contributed by atoms with Gasteiger partial charge in [0.15, 0.2) is 0 Å². The third kappa shape index (κ3) is 5.90. The molecule has 0 radical (unpaired) electrons. The lowest BCUT2D eigenvalue weighted by Gasteiger charge is -2.21. The largest absolute Gasteiger partial charge is 0.462 e. The van der Waals surface area contributed by atoms with Crippen molar-refractivity contribution in [2.45, 2.75) is 32.7 Å². The number of carbonyl (C=O) groups excluding carboxylic acids is 2. The number of nitrogens with one attached hydrogen (secondary N) is 2. The van der Waals surface area contributed by atoms with Crippen LogP contribution in [0.5, 0.6) is 0 Å². The van der Waals surface area contributed by atoms with E-state index in [9.17, 15) is 9.59 Å². The maximum absolute atomic E-state index is 12.1. The van der Waals surface area contributed by atoms with Crippen molar-refractivity contribution in [1.29, 1.82) is 0 Å². The van der Waals surface area contributed by atoms with Gasteiger partial charge in [-0.2, -0.15) is 0 Å². The second-order valence-corrected chi connectivity index (χ2v) is 6.02. The van der Waals surface area contributed by atoms with Crippen LogP contribution >= 0.6 is 0 Å². The molecule has 126 valence electrons. The molecule has 2 amide bonds. The van der Waals surface area contributed by atoms with Crippen LogP contribution in [-0.4, -0.2) is 37.9 Å². The number of rotatable bonds is 5. The monoisotopic (exact) mass is 320 g/mol. The highest BCUT2D eigenvalue weighted by atomic mass is 16.5. The Balaban J connectivity index is 1.87. The second-order valence-electron chi connectivity index (χ2n) is 6.02. The first-order valence-electron chi connectivity index (χ1n) is 7.97. The van der Waals surface area contributed by atoms with Crippen LogP contribution in [0.4, 0.5) is 10.5 Å². The smallest absolute Gasteiger partial charge is 0.338 e. The fourth-order valence-corrected chi connectivity index (χ4v) is 2.37. The number of esters is 1. The Labute approximate surface area is 136 Å². The summed E-state index contributed by atoms with van der Waals surface area (Å²) in [4.78, 5) is 23.8. The lowest BCUT2D eigenvalue weighted by Crippen LogP contribution is -2.34. The zero-order chi connectivity index (χ0) is 16.7. The summed E-state index contributed by atoms with van der Waals surface area (Å²) in [6, 6.07) is 6.47. The van der Waals surface area contributed by atoms with Crippen molar-refractivity contribution in [1.82, 2.24) is 5.32 Å². The van der Waals surface area contributed by atoms with E-state index in [0.29, 0.717) is 24.5 Å². The summed E-state index contributed by atoms with van der Waals surface area (Å²) in [6.45, 7) is 5.55. The Morgan fingerprint density at radius 2 is 2.22 bits per heavy atom. The Kier molecular flexibility index (Phi) is 6.40.